The second-order valence-corrected chi connectivity index (χ2v) is 6.84. The van der Waals surface area contributed by atoms with E-state index in [2.05, 4.69) is 5.32 Å². The van der Waals surface area contributed by atoms with Crippen molar-refractivity contribution in [3.8, 4) is 17.2 Å². The second-order valence-electron chi connectivity index (χ2n) is 6.84. The molecular weight excluding hydrogens is 360 g/mol. The summed E-state index contributed by atoms with van der Waals surface area (Å²) in [5.74, 6) is 1.84. The van der Waals surface area contributed by atoms with E-state index >= 15 is 0 Å². The molecule has 7 heteroatoms. The Kier molecular flexibility index (Phi) is 5.06. The molecule has 0 atom stereocenters. The first-order valence-electron chi connectivity index (χ1n) is 9.28. The maximum absolute atomic E-state index is 12.7. The maximum atomic E-state index is 12.7. The van der Waals surface area contributed by atoms with Gasteiger partial charge in [0.2, 0.25) is 6.79 Å². The molecule has 2 heterocycles. The van der Waals surface area contributed by atoms with Crippen molar-refractivity contribution in [2.75, 3.05) is 27.0 Å². The largest absolute Gasteiger partial charge is 0.497 e. The van der Waals surface area contributed by atoms with Gasteiger partial charge in [-0.3, -0.25) is 9.59 Å². The normalized spacial score (nSPS) is 16.0. The minimum atomic E-state index is -0.108. The number of fused-ring (bicyclic) bond motifs is 1. The Morgan fingerprint density at radius 2 is 1.68 bits per heavy atom. The first-order chi connectivity index (χ1) is 13.6. The van der Waals surface area contributed by atoms with E-state index in [0.717, 1.165) is 12.8 Å². The van der Waals surface area contributed by atoms with Crippen molar-refractivity contribution in [3.63, 3.8) is 0 Å². The van der Waals surface area contributed by atoms with Crippen molar-refractivity contribution >= 4 is 11.8 Å². The quantitative estimate of drug-likeness (QED) is 0.879. The number of carbonyl (C=O) groups excluding carboxylic acids is 2. The maximum Gasteiger partial charge on any atom is 0.253 e. The summed E-state index contributed by atoms with van der Waals surface area (Å²) in [5.41, 5.74) is 1.18. The van der Waals surface area contributed by atoms with E-state index < -0.39 is 0 Å². The molecule has 2 aromatic carbocycles. The molecule has 4 rings (SSSR count). The predicted octanol–water partition coefficient (Wildman–Crippen LogP) is 2.46. The van der Waals surface area contributed by atoms with Gasteiger partial charge in [0.05, 0.1) is 7.11 Å². The number of nitrogens with zero attached hydrogens (tertiary/aromatic N) is 1. The van der Waals surface area contributed by atoms with Crippen molar-refractivity contribution in [3.05, 3.63) is 53.6 Å². The summed E-state index contributed by atoms with van der Waals surface area (Å²) >= 11 is 0. The van der Waals surface area contributed by atoms with Crippen LogP contribution in [0.25, 0.3) is 0 Å². The minimum Gasteiger partial charge on any atom is -0.497 e. The molecule has 0 radical (unpaired) electrons. The van der Waals surface area contributed by atoms with Gasteiger partial charge in [-0.05, 0) is 55.3 Å². The highest BCUT2D eigenvalue weighted by atomic mass is 16.7. The Hall–Kier alpha value is -3.22. The van der Waals surface area contributed by atoms with Crippen molar-refractivity contribution in [1.82, 2.24) is 10.2 Å². The summed E-state index contributed by atoms with van der Waals surface area (Å²) in [6.07, 6.45) is 1.44. The molecule has 28 heavy (non-hydrogen) atoms. The van der Waals surface area contributed by atoms with E-state index in [1.807, 2.05) is 4.90 Å². The van der Waals surface area contributed by atoms with Crippen LogP contribution in [0, 0.1) is 0 Å². The molecule has 0 bridgehead atoms. The highest BCUT2D eigenvalue weighted by molar-refractivity contribution is 5.95. The Morgan fingerprint density at radius 3 is 2.39 bits per heavy atom. The number of benzene rings is 2. The predicted molar refractivity (Wildman–Crippen MR) is 102 cm³/mol. The summed E-state index contributed by atoms with van der Waals surface area (Å²) in [4.78, 5) is 27.0. The van der Waals surface area contributed by atoms with Crippen LogP contribution in [0.3, 0.4) is 0 Å². The van der Waals surface area contributed by atoms with Crippen LogP contribution in [-0.4, -0.2) is 49.7 Å². The summed E-state index contributed by atoms with van der Waals surface area (Å²) < 4.78 is 15.7. The van der Waals surface area contributed by atoms with Crippen LogP contribution in [-0.2, 0) is 0 Å². The van der Waals surface area contributed by atoms with Crippen LogP contribution >= 0.6 is 0 Å². The van der Waals surface area contributed by atoms with Crippen molar-refractivity contribution in [1.29, 1.82) is 0 Å². The average Bonchev–Trinajstić information content (AvgIpc) is 3.21. The van der Waals surface area contributed by atoms with Crippen molar-refractivity contribution in [2.45, 2.75) is 18.9 Å². The van der Waals surface area contributed by atoms with Gasteiger partial charge in [-0.1, -0.05) is 0 Å². The number of hydrogen-bond donors (Lipinski definition) is 1. The number of nitrogens with one attached hydrogen (secondary N) is 1. The van der Waals surface area contributed by atoms with Crippen LogP contribution < -0.4 is 19.5 Å². The summed E-state index contributed by atoms with van der Waals surface area (Å²) in [7, 11) is 1.59. The Bertz CT molecular complexity index is 873. The summed E-state index contributed by atoms with van der Waals surface area (Å²) in [6, 6.07) is 12.3. The average molecular weight is 382 g/mol. The van der Waals surface area contributed by atoms with Gasteiger partial charge in [0.1, 0.15) is 5.75 Å². The first-order valence-corrected chi connectivity index (χ1v) is 9.28. The summed E-state index contributed by atoms with van der Waals surface area (Å²) in [5, 5.41) is 3.05. The molecule has 2 aliphatic heterocycles. The summed E-state index contributed by atoms with van der Waals surface area (Å²) in [6.45, 7) is 1.38. The van der Waals surface area contributed by atoms with Crippen LogP contribution in [0.15, 0.2) is 42.5 Å². The lowest BCUT2D eigenvalue weighted by molar-refractivity contribution is 0.0697. The van der Waals surface area contributed by atoms with Gasteiger partial charge < -0.3 is 24.4 Å². The van der Waals surface area contributed by atoms with Gasteiger partial charge in [0.15, 0.2) is 11.5 Å². The lowest BCUT2D eigenvalue weighted by Crippen LogP contribution is -2.46. The third kappa shape index (κ3) is 3.74. The van der Waals surface area contributed by atoms with Crippen molar-refractivity contribution < 1.29 is 23.8 Å². The molecule has 0 saturated carbocycles. The number of piperidine rings is 1. The molecule has 1 fully saturated rings. The zero-order chi connectivity index (χ0) is 19.5. The topological polar surface area (TPSA) is 77.1 Å². The molecule has 2 aromatic rings. The molecule has 2 amide bonds. The smallest absolute Gasteiger partial charge is 0.253 e. The van der Waals surface area contributed by atoms with Crippen LogP contribution in [0.1, 0.15) is 33.6 Å². The number of hydrogen-bond acceptors (Lipinski definition) is 5. The van der Waals surface area contributed by atoms with E-state index in [0.29, 0.717) is 41.5 Å². The van der Waals surface area contributed by atoms with Gasteiger partial charge in [-0.25, -0.2) is 0 Å². The van der Waals surface area contributed by atoms with Crippen LogP contribution in [0.2, 0.25) is 0 Å². The van der Waals surface area contributed by atoms with E-state index in [1.54, 1.807) is 49.6 Å². The highest BCUT2D eigenvalue weighted by Crippen LogP contribution is 2.33. The number of methoxy groups -OCH3 is 1. The third-order valence-corrected chi connectivity index (χ3v) is 5.09. The van der Waals surface area contributed by atoms with E-state index in [9.17, 15) is 9.59 Å². The molecule has 0 aliphatic carbocycles. The van der Waals surface area contributed by atoms with Crippen LogP contribution in [0.4, 0.5) is 0 Å². The molecule has 1 saturated heterocycles. The molecule has 0 aromatic heterocycles. The second kappa shape index (κ2) is 7.80. The Morgan fingerprint density at radius 1 is 1.00 bits per heavy atom. The van der Waals surface area contributed by atoms with Gasteiger partial charge in [0, 0.05) is 30.3 Å². The third-order valence-electron chi connectivity index (χ3n) is 5.09. The van der Waals surface area contributed by atoms with Gasteiger partial charge in [0.25, 0.3) is 11.8 Å². The Balaban J connectivity index is 1.31. The first kappa shape index (κ1) is 18.2. The SMILES string of the molecule is COc1ccc(C(=O)NC2CCN(C(=O)c3ccc4c(c3)OCO4)CC2)cc1. The number of rotatable bonds is 4. The molecule has 0 unspecified atom stereocenters. The fourth-order valence-corrected chi connectivity index (χ4v) is 3.45. The molecular formula is C21H22N2O5. The van der Waals surface area contributed by atoms with Gasteiger partial charge in [-0.15, -0.1) is 0 Å². The number of ether oxygens (including phenoxy) is 3. The standard InChI is InChI=1S/C21H22N2O5/c1-26-17-5-2-14(3-6-17)20(24)22-16-8-10-23(11-9-16)21(25)15-4-7-18-19(12-15)28-13-27-18/h2-7,12,16H,8-11,13H2,1H3,(H,22,24). The lowest BCUT2D eigenvalue weighted by Gasteiger charge is -2.32. The number of likely N-dealkylation sites (tertiary alicyclic amines) is 1. The minimum absolute atomic E-state index is 0.0294. The van der Waals surface area contributed by atoms with Gasteiger partial charge >= 0.3 is 0 Å². The van der Waals surface area contributed by atoms with Crippen molar-refractivity contribution in [2.24, 2.45) is 0 Å². The molecule has 146 valence electrons. The number of carbonyl (C=O) groups is 2. The Labute approximate surface area is 163 Å². The molecule has 1 N–H and O–H groups in total. The monoisotopic (exact) mass is 382 g/mol. The van der Waals surface area contributed by atoms with Gasteiger partial charge in [-0.2, -0.15) is 0 Å². The zero-order valence-corrected chi connectivity index (χ0v) is 15.6. The number of amides is 2. The molecule has 0 spiro atoms. The molecule has 2 aliphatic rings. The highest BCUT2D eigenvalue weighted by Gasteiger charge is 2.26. The molecule has 7 nitrogen and oxygen atoms in total. The van der Waals surface area contributed by atoms with Crippen LogP contribution in [0.5, 0.6) is 17.2 Å². The zero-order valence-electron chi connectivity index (χ0n) is 15.6. The lowest BCUT2D eigenvalue weighted by atomic mass is 10.0. The van der Waals surface area contributed by atoms with E-state index in [4.69, 9.17) is 14.2 Å². The fraction of sp³-hybridized carbons (Fsp3) is 0.333. The fourth-order valence-electron chi connectivity index (χ4n) is 3.45. The van der Waals surface area contributed by atoms with E-state index in [-0.39, 0.29) is 24.6 Å². The van der Waals surface area contributed by atoms with E-state index in [1.165, 1.54) is 0 Å².